The van der Waals surface area contributed by atoms with E-state index in [1.54, 1.807) is 0 Å². The Labute approximate surface area is 142 Å². The highest BCUT2D eigenvalue weighted by Crippen LogP contribution is 2.27. The maximum atomic E-state index is 11.7. The van der Waals surface area contributed by atoms with Crippen molar-refractivity contribution in [3.63, 3.8) is 0 Å². The molecule has 0 atom stereocenters. The molecule has 132 valence electrons. The lowest BCUT2D eigenvalue weighted by molar-refractivity contribution is 0.332. The van der Waals surface area contributed by atoms with Gasteiger partial charge < -0.3 is 9.73 Å². The van der Waals surface area contributed by atoms with E-state index in [0.29, 0.717) is 24.5 Å². The molecule has 0 saturated heterocycles. The molecule has 1 saturated carbocycles. The van der Waals surface area contributed by atoms with Crippen LogP contribution in [0.15, 0.2) is 28.7 Å². The molecule has 1 heterocycles. The van der Waals surface area contributed by atoms with Gasteiger partial charge in [0.05, 0.1) is 0 Å². The summed E-state index contributed by atoms with van der Waals surface area (Å²) in [5.74, 6) is 0.376. The van der Waals surface area contributed by atoms with Crippen LogP contribution in [0.4, 0.5) is 6.01 Å². The molecular weight excluding hydrogens is 328 g/mol. The molecule has 0 radical (unpaired) electrons. The summed E-state index contributed by atoms with van der Waals surface area (Å²) in [7, 11) is -0.269. The third-order valence-corrected chi connectivity index (χ3v) is 6.00. The van der Waals surface area contributed by atoms with E-state index in [9.17, 15) is 8.42 Å². The number of nitrogens with zero attached hydrogens (tertiary/aromatic N) is 2. The fraction of sp³-hybridized carbons (Fsp3) is 0.562. The van der Waals surface area contributed by atoms with Gasteiger partial charge in [0.2, 0.25) is 0 Å². The van der Waals surface area contributed by atoms with E-state index in [-0.39, 0.29) is 0 Å². The quantitative estimate of drug-likeness (QED) is 0.832. The van der Waals surface area contributed by atoms with Crippen LogP contribution in [-0.4, -0.2) is 44.4 Å². The molecule has 1 aliphatic rings. The van der Waals surface area contributed by atoms with Gasteiger partial charge in [-0.1, -0.05) is 12.1 Å². The second-order valence-corrected chi connectivity index (χ2v) is 8.45. The Bertz CT molecular complexity index is 746. The Kier molecular flexibility index (Phi) is 5.07. The van der Waals surface area contributed by atoms with Crippen molar-refractivity contribution in [1.82, 2.24) is 14.0 Å². The minimum absolute atomic E-state index is 0.319. The number of oxazole rings is 1. The molecule has 1 aromatic carbocycles. The molecule has 1 aliphatic carbocycles. The summed E-state index contributed by atoms with van der Waals surface area (Å²) in [6, 6.07) is 8.58. The molecule has 0 aliphatic heterocycles. The molecule has 0 bridgehead atoms. The number of hydrogen-bond donors (Lipinski definition) is 2. The molecule has 2 N–H and O–H groups in total. The first kappa shape index (κ1) is 17.2. The number of aromatic nitrogens is 1. The fourth-order valence-corrected chi connectivity index (χ4v) is 3.68. The molecule has 3 rings (SSSR count). The van der Waals surface area contributed by atoms with Crippen LogP contribution in [0.1, 0.15) is 25.7 Å². The third kappa shape index (κ3) is 4.06. The van der Waals surface area contributed by atoms with Gasteiger partial charge >= 0.3 is 0 Å². The van der Waals surface area contributed by atoms with Crippen molar-refractivity contribution >= 4 is 27.3 Å². The molecule has 7 nitrogen and oxygen atoms in total. The second-order valence-electron chi connectivity index (χ2n) is 6.48. The molecule has 1 aromatic heterocycles. The van der Waals surface area contributed by atoms with Gasteiger partial charge in [0.25, 0.3) is 16.2 Å². The number of hydrogen-bond acceptors (Lipinski definition) is 5. The number of rotatable bonds is 6. The first-order chi connectivity index (χ1) is 11.4. The fourth-order valence-electron chi connectivity index (χ4n) is 2.97. The predicted octanol–water partition coefficient (Wildman–Crippen LogP) is 2.19. The number of nitrogens with one attached hydrogen (secondary N) is 2. The van der Waals surface area contributed by atoms with Gasteiger partial charge in [-0.05, 0) is 43.7 Å². The molecular formula is C16H24N4O3S. The number of anilines is 1. The normalized spacial score (nSPS) is 22.1. The van der Waals surface area contributed by atoms with Crippen LogP contribution in [0, 0.1) is 5.92 Å². The summed E-state index contributed by atoms with van der Waals surface area (Å²) in [6.45, 7) is 0.496. The van der Waals surface area contributed by atoms with Crippen molar-refractivity contribution in [3.05, 3.63) is 24.3 Å². The van der Waals surface area contributed by atoms with Crippen LogP contribution < -0.4 is 10.0 Å². The molecule has 2 aromatic rings. The van der Waals surface area contributed by atoms with Gasteiger partial charge in [-0.25, -0.2) is 4.72 Å². The van der Waals surface area contributed by atoms with Crippen LogP contribution in [0.2, 0.25) is 0 Å². The number of para-hydroxylation sites is 2. The molecule has 8 heteroatoms. The average Bonchev–Trinajstić information content (AvgIpc) is 2.96. The Morgan fingerprint density at radius 3 is 2.58 bits per heavy atom. The van der Waals surface area contributed by atoms with E-state index < -0.39 is 10.2 Å². The number of benzene rings is 1. The van der Waals surface area contributed by atoms with E-state index in [1.165, 1.54) is 18.4 Å². The van der Waals surface area contributed by atoms with Crippen LogP contribution in [-0.2, 0) is 10.2 Å². The standard InChI is InChI=1S/C16H24N4O3S/c1-20(2)24(21,22)17-11-12-7-9-13(10-8-12)18-16-19-14-5-3-4-6-15(14)23-16/h3-6,12-13,17H,7-11H2,1-2H3,(H,18,19). The Morgan fingerprint density at radius 2 is 1.92 bits per heavy atom. The van der Waals surface area contributed by atoms with Gasteiger partial charge in [0.1, 0.15) is 5.52 Å². The van der Waals surface area contributed by atoms with Crippen molar-refractivity contribution < 1.29 is 12.8 Å². The maximum absolute atomic E-state index is 11.7. The minimum Gasteiger partial charge on any atom is -0.424 e. The zero-order valence-electron chi connectivity index (χ0n) is 14.0. The van der Waals surface area contributed by atoms with Crippen molar-refractivity contribution in [2.45, 2.75) is 31.7 Å². The van der Waals surface area contributed by atoms with Gasteiger partial charge in [-0.15, -0.1) is 0 Å². The minimum atomic E-state index is -3.33. The lowest BCUT2D eigenvalue weighted by atomic mass is 9.86. The number of fused-ring (bicyclic) bond motifs is 1. The van der Waals surface area contributed by atoms with E-state index in [0.717, 1.165) is 36.8 Å². The zero-order valence-corrected chi connectivity index (χ0v) is 14.8. The van der Waals surface area contributed by atoms with Gasteiger partial charge in [-0.2, -0.15) is 17.7 Å². The van der Waals surface area contributed by atoms with Crippen LogP contribution in [0.5, 0.6) is 0 Å². The highest BCUT2D eigenvalue weighted by molar-refractivity contribution is 7.87. The lowest BCUT2D eigenvalue weighted by Gasteiger charge is -2.29. The van der Waals surface area contributed by atoms with E-state index in [1.807, 2.05) is 24.3 Å². The van der Waals surface area contributed by atoms with Crippen molar-refractivity contribution in [2.75, 3.05) is 26.0 Å². The first-order valence-corrected chi connectivity index (χ1v) is 9.67. The maximum Gasteiger partial charge on any atom is 0.295 e. The van der Waals surface area contributed by atoms with Gasteiger partial charge in [0, 0.05) is 26.7 Å². The first-order valence-electron chi connectivity index (χ1n) is 8.23. The van der Waals surface area contributed by atoms with E-state index >= 15 is 0 Å². The Hall–Kier alpha value is -1.64. The smallest absolute Gasteiger partial charge is 0.295 e. The topological polar surface area (TPSA) is 87.5 Å². The largest absolute Gasteiger partial charge is 0.424 e. The molecule has 0 spiro atoms. The van der Waals surface area contributed by atoms with Crippen LogP contribution in [0.25, 0.3) is 11.1 Å². The van der Waals surface area contributed by atoms with E-state index in [4.69, 9.17) is 4.42 Å². The molecule has 1 fully saturated rings. The van der Waals surface area contributed by atoms with E-state index in [2.05, 4.69) is 15.0 Å². The molecule has 0 amide bonds. The Balaban J connectivity index is 1.48. The SMILES string of the molecule is CN(C)S(=O)(=O)NCC1CCC(Nc2nc3ccccc3o2)CC1. The highest BCUT2D eigenvalue weighted by Gasteiger charge is 2.24. The molecule has 24 heavy (non-hydrogen) atoms. The van der Waals surface area contributed by atoms with Gasteiger partial charge in [0.15, 0.2) is 5.58 Å². The molecule has 0 unspecified atom stereocenters. The summed E-state index contributed by atoms with van der Waals surface area (Å²) in [4.78, 5) is 4.44. The summed E-state index contributed by atoms with van der Waals surface area (Å²) < 4.78 is 33.0. The van der Waals surface area contributed by atoms with Crippen molar-refractivity contribution in [1.29, 1.82) is 0 Å². The van der Waals surface area contributed by atoms with Crippen molar-refractivity contribution in [3.8, 4) is 0 Å². The average molecular weight is 352 g/mol. The van der Waals surface area contributed by atoms with Gasteiger partial charge in [-0.3, -0.25) is 0 Å². The van der Waals surface area contributed by atoms with Crippen LogP contribution >= 0.6 is 0 Å². The highest BCUT2D eigenvalue weighted by atomic mass is 32.2. The summed E-state index contributed by atoms with van der Waals surface area (Å²) in [6.07, 6.45) is 3.92. The summed E-state index contributed by atoms with van der Waals surface area (Å²) in [5.41, 5.74) is 1.64. The Morgan fingerprint density at radius 1 is 1.21 bits per heavy atom. The van der Waals surface area contributed by atoms with Crippen LogP contribution in [0.3, 0.4) is 0 Å². The monoisotopic (exact) mass is 352 g/mol. The summed E-state index contributed by atoms with van der Waals surface area (Å²) >= 11 is 0. The van der Waals surface area contributed by atoms with Crippen molar-refractivity contribution in [2.24, 2.45) is 5.92 Å². The lowest BCUT2D eigenvalue weighted by Crippen LogP contribution is -2.39. The third-order valence-electron chi connectivity index (χ3n) is 4.50. The summed E-state index contributed by atoms with van der Waals surface area (Å²) in [5, 5.41) is 3.36. The predicted molar refractivity (Wildman–Crippen MR) is 94.0 cm³/mol. The zero-order chi connectivity index (χ0) is 17.2. The second kappa shape index (κ2) is 7.08.